The SMILES string of the molecule is Cc1nnc2sc(C3CCN(C(=O)c4ccc(C(C)(C)C)cc4)CC3)nn12. The largest absolute Gasteiger partial charge is 0.339 e. The topological polar surface area (TPSA) is 63.4 Å². The van der Waals surface area contributed by atoms with E-state index in [4.69, 9.17) is 0 Å². The average molecular weight is 384 g/mol. The van der Waals surface area contributed by atoms with E-state index in [9.17, 15) is 4.79 Å². The molecule has 1 aromatic carbocycles. The highest BCUT2D eigenvalue weighted by atomic mass is 32.1. The number of carbonyl (C=O) groups excluding carboxylic acids is 1. The number of nitrogens with zero attached hydrogens (tertiary/aromatic N) is 5. The number of aryl methyl sites for hydroxylation is 1. The Bertz CT molecular complexity index is 959. The molecule has 0 atom stereocenters. The summed E-state index contributed by atoms with van der Waals surface area (Å²) in [5.41, 5.74) is 2.12. The molecule has 0 radical (unpaired) electrons. The molecule has 1 amide bonds. The molecule has 0 saturated carbocycles. The van der Waals surface area contributed by atoms with Crippen LogP contribution in [0.15, 0.2) is 24.3 Å². The molecule has 0 bridgehead atoms. The number of likely N-dealkylation sites (tertiary alicyclic amines) is 1. The molecule has 6 nitrogen and oxygen atoms in total. The van der Waals surface area contributed by atoms with Gasteiger partial charge in [-0.3, -0.25) is 4.79 Å². The second-order valence-corrected chi connectivity index (χ2v) is 9.26. The summed E-state index contributed by atoms with van der Waals surface area (Å²) in [7, 11) is 0. The van der Waals surface area contributed by atoms with Gasteiger partial charge in [0.2, 0.25) is 4.96 Å². The van der Waals surface area contributed by atoms with Gasteiger partial charge < -0.3 is 4.90 Å². The molecule has 1 fully saturated rings. The molecule has 4 rings (SSSR count). The molecule has 1 aliphatic rings. The predicted molar refractivity (Wildman–Crippen MR) is 106 cm³/mol. The standard InChI is InChI=1S/C20H25N5OS/c1-13-21-22-19-25(13)23-17(27-19)14-9-11-24(12-10-14)18(26)15-5-7-16(8-6-15)20(2,3)4/h5-8,14H,9-12H2,1-4H3. The first-order chi connectivity index (χ1) is 12.8. The maximum atomic E-state index is 12.8. The van der Waals surface area contributed by atoms with Crippen LogP contribution in [0.2, 0.25) is 0 Å². The van der Waals surface area contributed by atoms with Gasteiger partial charge in [0.25, 0.3) is 5.91 Å². The van der Waals surface area contributed by atoms with Gasteiger partial charge >= 0.3 is 0 Å². The van der Waals surface area contributed by atoms with Crippen LogP contribution in [0.3, 0.4) is 0 Å². The van der Waals surface area contributed by atoms with Gasteiger partial charge in [-0.2, -0.15) is 9.61 Å². The Balaban J connectivity index is 1.41. The van der Waals surface area contributed by atoms with Gasteiger partial charge in [-0.25, -0.2) is 0 Å². The number of carbonyl (C=O) groups is 1. The summed E-state index contributed by atoms with van der Waals surface area (Å²) in [5.74, 6) is 1.34. The molecule has 3 heterocycles. The quantitative estimate of drug-likeness (QED) is 0.675. The molecule has 0 N–H and O–H groups in total. The van der Waals surface area contributed by atoms with E-state index in [0.29, 0.717) is 5.92 Å². The van der Waals surface area contributed by atoms with Crippen molar-refractivity contribution < 1.29 is 4.79 Å². The Kier molecular flexibility index (Phi) is 4.50. The van der Waals surface area contributed by atoms with Crippen LogP contribution in [0.5, 0.6) is 0 Å². The summed E-state index contributed by atoms with van der Waals surface area (Å²) >= 11 is 1.61. The maximum absolute atomic E-state index is 12.8. The second-order valence-electron chi connectivity index (χ2n) is 8.28. The van der Waals surface area contributed by atoms with E-state index in [2.05, 4.69) is 48.2 Å². The van der Waals surface area contributed by atoms with Crippen molar-refractivity contribution in [3.63, 3.8) is 0 Å². The number of benzene rings is 1. The number of fused-ring (bicyclic) bond motifs is 1. The van der Waals surface area contributed by atoms with E-state index in [0.717, 1.165) is 47.3 Å². The minimum absolute atomic E-state index is 0.0985. The highest BCUT2D eigenvalue weighted by Crippen LogP contribution is 2.31. The number of rotatable bonds is 2. The molecule has 3 aromatic rings. The van der Waals surface area contributed by atoms with Crippen LogP contribution >= 0.6 is 11.3 Å². The fourth-order valence-electron chi connectivity index (χ4n) is 3.52. The average Bonchev–Trinajstić information content (AvgIpc) is 3.23. The highest BCUT2D eigenvalue weighted by Gasteiger charge is 2.27. The summed E-state index contributed by atoms with van der Waals surface area (Å²) in [4.78, 5) is 15.7. The van der Waals surface area contributed by atoms with Crippen molar-refractivity contribution in [3.05, 3.63) is 46.2 Å². The Labute approximate surface area is 163 Å². The van der Waals surface area contributed by atoms with Crippen LogP contribution in [0, 0.1) is 6.92 Å². The molecule has 7 heteroatoms. The zero-order valence-corrected chi connectivity index (χ0v) is 17.1. The molecule has 2 aromatic heterocycles. The number of amides is 1. The van der Waals surface area contributed by atoms with Crippen molar-refractivity contribution in [3.8, 4) is 0 Å². The van der Waals surface area contributed by atoms with Crippen LogP contribution in [-0.4, -0.2) is 43.7 Å². The minimum Gasteiger partial charge on any atom is -0.339 e. The normalized spacial score (nSPS) is 16.2. The molecule has 1 saturated heterocycles. The fourth-order valence-corrected chi connectivity index (χ4v) is 4.57. The van der Waals surface area contributed by atoms with E-state index in [-0.39, 0.29) is 11.3 Å². The third kappa shape index (κ3) is 3.48. The van der Waals surface area contributed by atoms with Crippen LogP contribution in [0.4, 0.5) is 0 Å². The molecule has 0 spiro atoms. The van der Waals surface area contributed by atoms with Crippen LogP contribution in [-0.2, 0) is 5.41 Å². The van der Waals surface area contributed by atoms with Gasteiger partial charge in [0, 0.05) is 24.6 Å². The van der Waals surface area contributed by atoms with E-state index >= 15 is 0 Å². The molecule has 0 aliphatic carbocycles. The van der Waals surface area contributed by atoms with Crippen molar-refractivity contribution in [1.29, 1.82) is 0 Å². The zero-order chi connectivity index (χ0) is 19.2. The van der Waals surface area contributed by atoms with Crippen molar-refractivity contribution >= 4 is 22.2 Å². The van der Waals surface area contributed by atoms with Crippen molar-refractivity contribution in [2.45, 2.75) is 51.9 Å². The molecular weight excluding hydrogens is 358 g/mol. The summed E-state index contributed by atoms with van der Waals surface area (Å²) in [6.45, 7) is 10.00. The monoisotopic (exact) mass is 383 g/mol. The van der Waals surface area contributed by atoms with Crippen molar-refractivity contribution in [2.75, 3.05) is 13.1 Å². The van der Waals surface area contributed by atoms with E-state index in [1.807, 2.05) is 28.5 Å². The van der Waals surface area contributed by atoms with Gasteiger partial charge in [-0.1, -0.05) is 44.2 Å². The van der Waals surface area contributed by atoms with Crippen LogP contribution in [0.25, 0.3) is 4.96 Å². The molecule has 142 valence electrons. The number of piperidine rings is 1. The molecule has 27 heavy (non-hydrogen) atoms. The first-order valence-corrected chi connectivity index (χ1v) is 10.2. The Hall–Kier alpha value is -2.28. The fraction of sp³-hybridized carbons (Fsp3) is 0.500. The maximum Gasteiger partial charge on any atom is 0.253 e. The molecule has 1 aliphatic heterocycles. The van der Waals surface area contributed by atoms with Crippen molar-refractivity contribution in [2.24, 2.45) is 0 Å². The minimum atomic E-state index is 0.0985. The lowest BCUT2D eigenvalue weighted by atomic mass is 9.86. The number of hydrogen-bond acceptors (Lipinski definition) is 5. The Morgan fingerprint density at radius 1 is 1.11 bits per heavy atom. The van der Waals surface area contributed by atoms with Crippen LogP contribution < -0.4 is 0 Å². The van der Waals surface area contributed by atoms with Gasteiger partial charge in [0.15, 0.2) is 5.82 Å². The third-order valence-corrected chi connectivity index (χ3v) is 6.35. The lowest BCUT2D eigenvalue weighted by Gasteiger charge is -2.31. The van der Waals surface area contributed by atoms with Gasteiger partial charge in [-0.15, -0.1) is 10.2 Å². The lowest BCUT2D eigenvalue weighted by molar-refractivity contribution is 0.0712. The van der Waals surface area contributed by atoms with Gasteiger partial charge in [0.1, 0.15) is 5.01 Å². The zero-order valence-electron chi connectivity index (χ0n) is 16.3. The predicted octanol–water partition coefficient (Wildman–Crippen LogP) is 3.81. The smallest absolute Gasteiger partial charge is 0.253 e. The number of aromatic nitrogens is 4. The summed E-state index contributed by atoms with van der Waals surface area (Å²) in [6.07, 6.45) is 1.88. The van der Waals surface area contributed by atoms with E-state index in [1.54, 1.807) is 11.3 Å². The van der Waals surface area contributed by atoms with E-state index in [1.165, 1.54) is 5.56 Å². The highest BCUT2D eigenvalue weighted by molar-refractivity contribution is 7.16. The first-order valence-electron chi connectivity index (χ1n) is 9.41. The third-order valence-electron chi connectivity index (χ3n) is 5.29. The first kappa shape index (κ1) is 18.1. The second kappa shape index (κ2) is 6.71. The summed E-state index contributed by atoms with van der Waals surface area (Å²) in [6, 6.07) is 8.06. The lowest BCUT2D eigenvalue weighted by Crippen LogP contribution is -2.38. The Morgan fingerprint density at radius 3 is 2.37 bits per heavy atom. The van der Waals surface area contributed by atoms with Crippen molar-refractivity contribution in [1.82, 2.24) is 24.7 Å². The van der Waals surface area contributed by atoms with Gasteiger partial charge in [-0.05, 0) is 42.9 Å². The Morgan fingerprint density at radius 2 is 1.78 bits per heavy atom. The molecular formula is C20H25N5OS. The van der Waals surface area contributed by atoms with Gasteiger partial charge in [0.05, 0.1) is 0 Å². The van der Waals surface area contributed by atoms with Crippen LogP contribution in [0.1, 0.15) is 66.3 Å². The summed E-state index contributed by atoms with van der Waals surface area (Å²) < 4.78 is 1.81. The molecule has 0 unspecified atom stereocenters. The number of hydrogen-bond donors (Lipinski definition) is 0. The summed E-state index contributed by atoms with van der Waals surface area (Å²) in [5, 5.41) is 14.0. The van der Waals surface area contributed by atoms with E-state index < -0.39 is 0 Å².